The summed E-state index contributed by atoms with van der Waals surface area (Å²) in [6, 6.07) is 3.64. The van der Waals surface area contributed by atoms with E-state index in [1.54, 1.807) is 12.4 Å². The maximum absolute atomic E-state index is 11.6. The van der Waals surface area contributed by atoms with E-state index in [2.05, 4.69) is 41.4 Å². The van der Waals surface area contributed by atoms with Crippen LogP contribution in [-0.2, 0) is 4.79 Å². The van der Waals surface area contributed by atoms with Crippen molar-refractivity contribution in [3.8, 4) is 11.4 Å². The summed E-state index contributed by atoms with van der Waals surface area (Å²) in [6.07, 6.45) is 5.65. The number of hydrogen-bond acceptors (Lipinski definition) is 4. The summed E-state index contributed by atoms with van der Waals surface area (Å²) in [7, 11) is 0. The van der Waals surface area contributed by atoms with Crippen LogP contribution in [0.15, 0.2) is 24.5 Å². The van der Waals surface area contributed by atoms with Crippen molar-refractivity contribution in [1.29, 1.82) is 0 Å². The zero-order valence-electron chi connectivity index (χ0n) is 10.3. The van der Waals surface area contributed by atoms with Gasteiger partial charge in [0.25, 0.3) is 0 Å². The van der Waals surface area contributed by atoms with Crippen LogP contribution in [0.4, 0.5) is 5.95 Å². The largest absolute Gasteiger partial charge is 0.293 e. The van der Waals surface area contributed by atoms with Crippen LogP contribution in [-0.4, -0.2) is 31.4 Å². The fourth-order valence-electron chi connectivity index (χ4n) is 1.52. The number of amides is 1. The molecule has 2 aromatic rings. The Labute approximate surface area is 119 Å². The Hall–Kier alpha value is -1.76. The number of H-pyrrole nitrogens is 1. The van der Waals surface area contributed by atoms with Crippen LogP contribution in [0.3, 0.4) is 0 Å². The Kier molecular flexibility index (Phi) is 5.02. The number of pyridine rings is 1. The summed E-state index contributed by atoms with van der Waals surface area (Å²) in [4.78, 5) is 19.7. The number of anilines is 1. The van der Waals surface area contributed by atoms with E-state index in [0.29, 0.717) is 18.2 Å². The molecule has 7 heteroatoms. The first-order chi connectivity index (χ1) is 9.29. The second kappa shape index (κ2) is 6.98. The van der Waals surface area contributed by atoms with Crippen molar-refractivity contribution in [3.63, 3.8) is 0 Å². The highest BCUT2D eigenvalue weighted by atomic mass is 79.9. The molecule has 2 rings (SSSR count). The van der Waals surface area contributed by atoms with Crippen LogP contribution in [0.25, 0.3) is 11.4 Å². The third kappa shape index (κ3) is 4.13. The molecular formula is C12H14BrN5O. The molecule has 0 spiro atoms. The first kappa shape index (κ1) is 13.7. The number of nitrogens with one attached hydrogen (secondary N) is 2. The van der Waals surface area contributed by atoms with Crippen LogP contribution in [0.1, 0.15) is 19.3 Å². The minimum atomic E-state index is -0.0683. The fraction of sp³-hybridized carbons (Fsp3) is 0.333. The van der Waals surface area contributed by atoms with Crippen molar-refractivity contribution >= 4 is 27.8 Å². The number of carbonyl (C=O) groups excluding carboxylic acids is 1. The Morgan fingerprint density at radius 2 is 2.11 bits per heavy atom. The standard InChI is InChI=1S/C12H14BrN5O/c13-6-2-1-3-10(19)15-12-16-11(17-18-12)9-4-7-14-8-5-9/h4-5,7-8H,1-3,6H2,(H2,15,16,17,18,19). The Bertz CT molecular complexity index is 528. The lowest BCUT2D eigenvalue weighted by Gasteiger charge is -1.99. The number of rotatable bonds is 6. The quantitative estimate of drug-likeness (QED) is 0.631. The van der Waals surface area contributed by atoms with Crippen molar-refractivity contribution in [2.45, 2.75) is 19.3 Å². The summed E-state index contributed by atoms with van der Waals surface area (Å²) < 4.78 is 0. The van der Waals surface area contributed by atoms with Crippen molar-refractivity contribution < 1.29 is 4.79 Å². The monoisotopic (exact) mass is 323 g/mol. The van der Waals surface area contributed by atoms with E-state index in [-0.39, 0.29) is 5.91 Å². The van der Waals surface area contributed by atoms with Gasteiger partial charge in [-0.1, -0.05) is 15.9 Å². The van der Waals surface area contributed by atoms with Crippen molar-refractivity contribution in [1.82, 2.24) is 20.2 Å². The molecule has 19 heavy (non-hydrogen) atoms. The molecule has 2 N–H and O–H groups in total. The molecule has 0 unspecified atom stereocenters. The van der Waals surface area contributed by atoms with Gasteiger partial charge in [-0.25, -0.2) is 0 Å². The molecule has 0 saturated heterocycles. The van der Waals surface area contributed by atoms with Crippen LogP contribution in [0.5, 0.6) is 0 Å². The van der Waals surface area contributed by atoms with Gasteiger partial charge in [-0.05, 0) is 25.0 Å². The number of halogens is 1. The first-order valence-electron chi connectivity index (χ1n) is 5.98. The van der Waals surface area contributed by atoms with Crippen LogP contribution in [0, 0.1) is 0 Å². The maximum Gasteiger partial charge on any atom is 0.249 e. The van der Waals surface area contributed by atoms with E-state index < -0.39 is 0 Å². The Morgan fingerprint density at radius 1 is 1.32 bits per heavy atom. The lowest BCUT2D eigenvalue weighted by Crippen LogP contribution is -2.12. The van der Waals surface area contributed by atoms with E-state index in [1.807, 2.05) is 12.1 Å². The number of alkyl halides is 1. The molecule has 0 fully saturated rings. The summed E-state index contributed by atoms with van der Waals surface area (Å²) in [5.41, 5.74) is 0.877. The molecule has 0 aliphatic rings. The summed E-state index contributed by atoms with van der Waals surface area (Å²) in [6.45, 7) is 0. The molecule has 2 heterocycles. The third-order valence-electron chi connectivity index (χ3n) is 2.48. The van der Waals surface area contributed by atoms with E-state index in [9.17, 15) is 4.79 Å². The average molecular weight is 324 g/mol. The van der Waals surface area contributed by atoms with E-state index >= 15 is 0 Å². The second-order valence-corrected chi connectivity index (χ2v) is 4.73. The minimum absolute atomic E-state index is 0.0683. The van der Waals surface area contributed by atoms with Gasteiger partial charge in [-0.15, -0.1) is 5.10 Å². The number of carbonyl (C=O) groups is 1. The number of aromatic nitrogens is 4. The zero-order chi connectivity index (χ0) is 13.5. The molecule has 1 amide bonds. The lowest BCUT2D eigenvalue weighted by atomic mass is 10.2. The van der Waals surface area contributed by atoms with Gasteiger partial charge in [0, 0.05) is 29.7 Å². The van der Waals surface area contributed by atoms with E-state index in [0.717, 1.165) is 23.7 Å². The van der Waals surface area contributed by atoms with Gasteiger partial charge in [-0.3, -0.25) is 20.2 Å². The normalized spacial score (nSPS) is 10.4. The van der Waals surface area contributed by atoms with Gasteiger partial charge >= 0.3 is 0 Å². The number of nitrogens with zero attached hydrogens (tertiary/aromatic N) is 3. The van der Waals surface area contributed by atoms with Gasteiger partial charge < -0.3 is 0 Å². The zero-order valence-corrected chi connectivity index (χ0v) is 11.9. The molecule has 0 aliphatic heterocycles. The predicted molar refractivity (Wildman–Crippen MR) is 75.9 cm³/mol. The predicted octanol–water partition coefficient (Wildman–Crippen LogP) is 2.37. The minimum Gasteiger partial charge on any atom is -0.293 e. The van der Waals surface area contributed by atoms with Gasteiger partial charge in [0.15, 0.2) is 5.82 Å². The molecule has 0 atom stereocenters. The summed E-state index contributed by atoms with van der Waals surface area (Å²) in [5.74, 6) is 0.843. The van der Waals surface area contributed by atoms with Crippen molar-refractivity contribution in [3.05, 3.63) is 24.5 Å². The van der Waals surface area contributed by atoms with Crippen molar-refractivity contribution in [2.75, 3.05) is 10.6 Å². The maximum atomic E-state index is 11.6. The Morgan fingerprint density at radius 3 is 2.84 bits per heavy atom. The molecular weight excluding hydrogens is 310 g/mol. The first-order valence-corrected chi connectivity index (χ1v) is 7.10. The smallest absolute Gasteiger partial charge is 0.249 e. The average Bonchev–Trinajstić information content (AvgIpc) is 2.88. The van der Waals surface area contributed by atoms with Gasteiger partial charge in [0.1, 0.15) is 0 Å². The van der Waals surface area contributed by atoms with Crippen LogP contribution < -0.4 is 5.32 Å². The highest BCUT2D eigenvalue weighted by Gasteiger charge is 2.08. The van der Waals surface area contributed by atoms with Crippen LogP contribution >= 0.6 is 15.9 Å². The lowest BCUT2D eigenvalue weighted by molar-refractivity contribution is -0.116. The number of unbranched alkanes of at least 4 members (excludes halogenated alkanes) is 1. The molecule has 0 aromatic carbocycles. The molecule has 6 nitrogen and oxygen atoms in total. The second-order valence-electron chi connectivity index (χ2n) is 3.94. The molecule has 0 saturated carbocycles. The molecule has 2 aromatic heterocycles. The molecule has 100 valence electrons. The Balaban J connectivity index is 1.93. The number of hydrogen-bond donors (Lipinski definition) is 2. The molecule has 0 radical (unpaired) electrons. The number of aromatic amines is 1. The SMILES string of the molecule is O=C(CCCCBr)Nc1n[nH]c(-c2ccncc2)n1. The van der Waals surface area contributed by atoms with Crippen LogP contribution in [0.2, 0.25) is 0 Å². The summed E-state index contributed by atoms with van der Waals surface area (Å²) in [5, 5.41) is 10.3. The van der Waals surface area contributed by atoms with Crippen molar-refractivity contribution in [2.24, 2.45) is 0 Å². The third-order valence-corrected chi connectivity index (χ3v) is 3.04. The fourth-order valence-corrected chi connectivity index (χ4v) is 1.92. The summed E-state index contributed by atoms with van der Waals surface area (Å²) >= 11 is 3.33. The highest BCUT2D eigenvalue weighted by molar-refractivity contribution is 9.09. The molecule has 0 bridgehead atoms. The molecule has 0 aliphatic carbocycles. The van der Waals surface area contributed by atoms with Gasteiger partial charge in [0.2, 0.25) is 11.9 Å². The van der Waals surface area contributed by atoms with E-state index in [1.165, 1.54) is 0 Å². The topological polar surface area (TPSA) is 83.6 Å². The van der Waals surface area contributed by atoms with Gasteiger partial charge in [-0.2, -0.15) is 4.98 Å². The van der Waals surface area contributed by atoms with E-state index in [4.69, 9.17) is 0 Å². The van der Waals surface area contributed by atoms with Gasteiger partial charge in [0.05, 0.1) is 0 Å². The highest BCUT2D eigenvalue weighted by Crippen LogP contribution is 2.14.